The molecule has 31 heavy (non-hydrogen) atoms. The Kier molecular flexibility index (Phi) is 6.17. The molecular weight excluding hydrogens is 401 g/mol. The number of alkyl halides is 1. The molecule has 0 saturated carbocycles. The van der Waals surface area contributed by atoms with E-state index in [9.17, 15) is 14.3 Å². The van der Waals surface area contributed by atoms with Crippen molar-refractivity contribution in [2.24, 2.45) is 0 Å². The summed E-state index contributed by atoms with van der Waals surface area (Å²) in [5.74, 6) is -0.509. The van der Waals surface area contributed by atoms with Gasteiger partial charge in [0.05, 0.1) is 52.6 Å². The number of carbonyl (C=O) groups excluding carboxylic acids is 1. The highest BCUT2D eigenvalue weighted by atomic mass is 19.1. The van der Waals surface area contributed by atoms with Gasteiger partial charge in [-0.3, -0.25) is 9.78 Å². The number of anilines is 1. The first kappa shape index (κ1) is 22.1. The second-order valence-electron chi connectivity index (χ2n) is 8.03. The number of pyridine rings is 1. The third-order valence-corrected chi connectivity index (χ3v) is 4.56. The molecule has 0 saturated heterocycles. The van der Waals surface area contributed by atoms with Gasteiger partial charge in [-0.15, -0.1) is 0 Å². The van der Waals surface area contributed by atoms with Crippen LogP contribution in [0.5, 0.6) is 0 Å². The smallest absolute Gasteiger partial charge is 0.255 e. The highest BCUT2D eigenvalue weighted by Gasteiger charge is 2.27. The Labute approximate surface area is 178 Å². The van der Waals surface area contributed by atoms with Crippen LogP contribution in [0.25, 0.3) is 16.9 Å². The highest BCUT2D eigenvalue weighted by molar-refractivity contribution is 6.00. The predicted molar refractivity (Wildman–Crippen MR) is 113 cm³/mol. The van der Waals surface area contributed by atoms with Gasteiger partial charge in [-0.05, 0) is 33.8 Å². The summed E-state index contributed by atoms with van der Waals surface area (Å²) in [5.41, 5.74) is 1.27. The standard InChI is InChI=1S/C21H24FN7O2/c1-12(2)28-17-5-16(14-9-27-29-11-13(6-23)7-25-19(14)29)24-8-15(17)20(30)26-10-18(22)21(3,4)31/h5,7-9,11-12,18,31H,10H2,1-4H3,(H,24,28)(H,26,30). The summed E-state index contributed by atoms with van der Waals surface area (Å²) >= 11 is 0. The molecule has 0 aromatic carbocycles. The zero-order valence-corrected chi connectivity index (χ0v) is 17.7. The molecule has 3 N–H and O–H groups in total. The van der Waals surface area contributed by atoms with E-state index in [0.717, 1.165) is 0 Å². The lowest BCUT2D eigenvalue weighted by molar-refractivity contribution is -0.00177. The molecule has 9 nitrogen and oxygen atoms in total. The molecular formula is C21H24FN7O2. The number of hydrogen-bond acceptors (Lipinski definition) is 7. The Balaban J connectivity index is 1.93. The van der Waals surface area contributed by atoms with E-state index in [2.05, 4.69) is 25.7 Å². The number of nitriles is 1. The third kappa shape index (κ3) is 4.95. The van der Waals surface area contributed by atoms with Crippen molar-refractivity contribution in [2.75, 3.05) is 11.9 Å². The van der Waals surface area contributed by atoms with Gasteiger partial charge >= 0.3 is 0 Å². The molecule has 0 radical (unpaired) electrons. The summed E-state index contributed by atoms with van der Waals surface area (Å²) < 4.78 is 15.5. The summed E-state index contributed by atoms with van der Waals surface area (Å²) in [6, 6.07) is 3.74. The fourth-order valence-corrected chi connectivity index (χ4v) is 2.85. The number of aliphatic hydroxyl groups is 1. The van der Waals surface area contributed by atoms with Crippen LogP contribution in [0, 0.1) is 11.3 Å². The molecule has 0 aliphatic carbocycles. The van der Waals surface area contributed by atoms with Crippen molar-refractivity contribution in [3.05, 3.63) is 42.0 Å². The molecule has 162 valence electrons. The average molecular weight is 425 g/mol. The van der Waals surface area contributed by atoms with Gasteiger partial charge in [-0.2, -0.15) is 10.4 Å². The molecule has 10 heteroatoms. The number of rotatable bonds is 7. The largest absolute Gasteiger partial charge is 0.387 e. The van der Waals surface area contributed by atoms with Crippen LogP contribution in [-0.4, -0.2) is 55.0 Å². The highest BCUT2D eigenvalue weighted by Crippen LogP contribution is 2.26. The molecule has 0 aliphatic heterocycles. The molecule has 1 unspecified atom stereocenters. The van der Waals surface area contributed by atoms with Crippen molar-refractivity contribution in [3.8, 4) is 17.3 Å². The molecule has 3 rings (SSSR count). The minimum Gasteiger partial charge on any atom is -0.387 e. The lowest BCUT2D eigenvalue weighted by Gasteiger charge is -2.23. The van der Waals surface area contributed by atoms with E-state index >= 15 is 0 Å². The first-order valence-electron chi connectivity index (χ1n) is 9.75. The van der Waals surface area contributed by atoms with E-state index in [1.165, 1.54) is 30.8 Å². The van der Waals surface area contributed by atoms with Crippen LogP contribution >= 0.6 is 0 Å². The lowest BCUT2D eigenvalue weighted by Crippen LogP contribution is -2.42. The summed E-state index contributed by atoms with van der Waals surface area (Å²) in [6.45, 7) is 6.21. The van der Waals surface area contributed by atoms with Gasteiger partial charge < -0.3 is 15.7 Å². The predicted octanol–water partition coefficient (Wildman–Crippen LogP) is 2.32. The number of nitrogens with zero attached hydrogens (tertiary/aromatic N) is 5. The van der Waals surface area contributed by atoms with Crippen molar-refractivity contribution < 1.29 is 14.3 Å². The normalized spacial score (nSPS) is 12.6. The van der Waals surface area contributed by atoms with Gasteiger partial charge in [0, 0.05) is 18.4 Å². The monoisotopic (exact) mass is 425 g/mol. The van der Waals surface area contributed by atoms with Gasteiger partial charge in [-0.25, -0.2) is 13.9 Å². The molecule has 3 aromatic heterocycles. The number of amides is 1. The van der Waals surface area contributed by atoms with Crippen molar-refractivity contribution in [1.29, 1.82) is 5.26 Å². The molecule has 1 atom stereocenters. The molecule has 3 heterocycles. The summed E-state index contributed by atoms with van der Waals surface area (Å²) in [4.78, 5) is 21.3. The van der Waals surface area contributed by atoms with E-state index < -0.39 is 17.7 Å². The van der Waals surface area contributed by atoms with Crippen molar-refractivity contribution in [1.82, 2.24) is 24.9 Å². The molecule has 0 aliphatic rings. The zero-order valence-electron chi connectivity index (χ0n) is 17.7. The van der Waals surface area contributed by atoms with Crippen LogP contribution in [-0.2, 0) is 0 Å². The maximum absolute atomic E-state index is 14.0. The first-order valence-corrected chi connectivity index (χ1v) is 9.75. The van der Waals surface area contributed by atoms with Crippen LogP contribution < -0.4 is 10.6 Å². The summed E-state index contributed by atoms with van der Waals surface area (Å²) in [5, 5.41) is 28.7. The quantitative estimate of drug-likeness (QED) is 0.530. The van der Waals surface area contributed by atoms with E-state index in [1.54, 1.807) is 18.5 Å². The molecule has 0 spiro atoms. The average Bonchev–Trinajstić information content (AvgIpc) is 3.13. The Bertz CT molecular complexity index is 1140. The topological polar surface area (TPSA) is 128 Å². The molecule has 0 bridgehead atoms. The molecule has 3 aromatic rings. The maximum atomic E-state index is 14.0. The SMILES string of the molecule is CC(C)Nc1cc(-c2cnn3cc(C#N)cnc23)ncc1C(=O)NCC(F)C(C)(C)O. The number of fused-ring (bicyclic) bond motifs is 1. The zero-order chi connectivity index (χ0) is 22.8. The van der Waals surface area contributed by atoms with Crippen molar-refractivity contribution >= 4 is 17.2 Å². The first-order chi connectivity index (χ1) is 14.6. The molecule has 1 amide bonds. The van der Waals surface area contributed by atoms with Crippen molar-refractivity contribution in [3.63, 3.8) is 0 Å². The van der Waals surface area contributed by atoms with Gasteiger partial charge in [0.25, 0.3) is 5.91 Å². The fraction of sp³-hybridized carbons (Fsp3) is 0.381. The fourth-order valence-electron chi connectivity index (χ4n) is 2.85. The van der Waals surface area contributed by atoms with E-state index in [-0.39, 0.29) is 18.2 Å². The minimum atomic E-state index is -1.62. The molecule has 0 fully saturated rings. The summed E-state index contributed by atoms with van der Waals surface area (Å²) in [7, 11) is 0. The van der Waals surface area contributed by atoms with Gasteiger partial charge in [0.15, 0.2) is 5.65 Å². The maximum Gasteiger partial charge on any atom is 0.255 e. The van der Waals surface area contributed by atoms with E-state index in [4.69, 9.17) is 5.26 Å². The van der Waals surface area contributed by atoms with E-state index in [0.29, 0.717) is 28.2 Å². The van der Waals surface area contributed by atoms with Crippen LogP contribution in [0.15, 0.2) is 30.9 Å². The van der Waals surface area contributed by atoms with Gasteiger partial charge in [0.1, 0.15) is 12.2 Å². The van der Waals surface area contributed by atoms with Gasteiger partial charge in [0.2, 0.25) is 0 Å². The number of carbonyl (C=O) groups is 1. The van der Waals surface area contributed by atoms with Crippen LogP contribution in [0.2, 0.25) is 0 Å². The van der Waals surface area contributed by atoms with Crippen LogP contribution in [0.3, 0.4) is 0 Å². The van der Waals surface area contributed by atoms with E-state index in [1.807, 2.05) is 19.9 Å². The number of halogens is 1. The Morgan fingerprint density at radius 1 is 1.32 bits per heavy atom. The Morgan fingerprint density at radius 2 is 2.06 bits per heavy atom. The second kappa shape index (κ2) is 8.65. The van der Waals surface area contributed by atoms with Gasteiger partial charge in [-0.1, -0.05) is 0 Å². The third-order valence-electron chi connectivity index (χ3n) is 4.56. The van der Waals surface area contributed by atoms with Crippen molar-refractivity contribution in [2.45, 2.75) is 45.5 Å². The number of aromatic nitrogens is 4. The van der Waals surface area contributed by atoms with Crippen LogP contribution in [0.1, 0.15) is 43.6 Å². The number of nitrogens with one attached hydrogen (secondary N) is 2. The Hall–Kier alpha value is -3.58. The Morgan fingerprint density at radius 3 is 2.71 bits per heavy atom. The number of hydrogen-bond donors (Lipinski definition) is 3. The van der Waals surface area contributed by atoms with Crippen LogP contribution in [0.4, 0.5) is 10.1 Å². The lowest BCUT2D eigenvalue weighted by atomic mass is 10.0. The second-order valence-corrected chi connectivity index (χ2v) is 8.03. The summed E-state index contributed by atoms with van der Waals surface area (Å²) in [6.07, 6.45) is 4.39. The minimum absolute atomic E-state index is 0.0207.